The molecular weight excluding hydrogens is 466 g/mol. The summed E-state index contributed by atoms with van der Waals surface area (Å²) in [5.74, 6) is -0.0202. The number of carbonyl (C=O) groups is 2. The van der Waals surface area contributed by atoms with Crippen molar-refractivity contribution in [2.75, 3.05) is 30.8 Å². The fourth-order valence-corrected chi connectivity index (χ4v) is 4.59. The molecule has 0 saturated heterocycles. The Hall–Kier alpha value is -3.07. The van der Waals surface area contributed by atoms with Crippen LogP contribution in [0.25, 0.3) is 0 Å². The first kappa shape index (κ1) is 28.2. The maximum absolute atomic E-state index is 13.6. The minimum atomic E-state index is -3.75. The summed E-state index contributed by atoms with van der Waals surface area (Å²) in [4.78, 5) is 28.1. The van der Waals surface area contributed by atoms with Crippen molar-refractivity contribution in [2.24, 2.45) is 0 Å². The third-order valence-electron chi connectivity index (χ3n) is 5.70. The summed E-state index contributed by atoms with van der Waals surface area (Å²) in [5, 5.41) is 2.91. The molecule has 8 nitrogen and oxygen atoms in total. The van der Waals surface area contributed by atoms with Crippen LogP contribution >= 0.6 is 0 Å². The molecule has 0 aromatic heterocycles. The summed E-state index contributed by atoms with van der Waals surface area (Å²) in [6, 6.07) is 13.5. The maximum atomic E-state index is 13.6. The second-order valence-corrected chi connectivity index (χ2v) is 10.5. The number of rotatable bonds is 13. The molecule has 1 atom stereocenters. The lowest BCUT2D eigenvalue weighted by atomic mass is 10.1. The monoisotopic (exact) mass is 503 g/mol. The molecule has 0 spiro atoms. The van der Waals surface area contributed by atoms with Crippen LogP contribution < -0.4 is 14.4 Å². The number of unbranched alkanes of at least 4 members (excludes halogenated alkanes) is 1. The van der Waals surface area contributed by atoms with E-state index in [9.17, 15) is 18.0 Å². The molecule has 192 valence electrons. The normalized spacial score (nSPS) is 12.0. The van der Waals surface area contributed by atoms with Crippen LogP contribution in [0.4, 0.5) is 5.69 Å². The first-order valence-corrected chi connectivity index (χ1v) is 13.7. The molecule has 0 saturated carbocycles. The number of aryl methyl sites for hydroxylation is 1. The standard InChI is InChI=1S/C26H37N3O5S/c1-6-8-16-27-26(31)24(7-2)28(18-21-12-14-23(34-4)15-13-21)25(30)19-29(35(5,32)33)22-11-9-10-20(3)17-22/h9-15,17,24H,6-8,16,18-19H2,1-5H3,(H,27,31)/t24-/m1/s1. The number of nitrogens with one attached hydrogen (secondary N) is 1. The fourth-order valence-electron chi connectivity index (χ4n) is 3.75. The Kier molecular flexibility index (Phi) is 10.6. The quantitative estimate of drug-likeness (QED) is 0.422. The van der Waals surface area contributed by atoms with Gasteiger partial charge in [0.2, 0.25) is 21.8 Å². The van der Waals surface area contributed by atoms with Gasteiger partial charge in [-0.3, -0.25) is 13.9 Å². The van der Waals surface area contributed by atoms with Crippen LogP contribution in [0.3, 0.4) is 0 Å². The van der Waals surface area contributed by atoms with Crippen LogP contribution in [0.1, 0.15) is 44.2 Å². The van der Waals surface area contributed by atoms with Crippen molar-refractivity contribution in [1.29, 1.82) is 0 Å². The predicted octanol–water partition coefficient (Wildman–Crippen LogP) is 3.49. The highest BCUT2D eigenvalue weighted by Crippen LogP contribution is 2.21. The van der Waals surface area contributed by atoms with E-state index in [0.29, 0.717) is 24.4 Å². The van der Waals surface area contributed by atoms with Crippen LogP contribution in [-0.4, -0.2) is 57.6 Å². The van der Waals surface area contributed by atoms with Crippen LogP contribution in [0, 0.1) is 6.92 Å². The maximum Gasteiger partial charge on any atom is 0.244 e. The summed E-state index contributed by atoms with van der Waals surface area (Å²) in [6.45, 7) is 6.01. The average Bonchev–Trinajstić information content (AvgIpc) is 2.82. The summed E-state index contributed by atoms with van der Waals surface area (Å²) in [6.07, 6.45) is 3.24. The van der Waals surface area contributed by atoms with Gasteiger partial charge in [0.05, 0.1) is 19.1 Å². The Bertz CT molecular complexity index is 1090. The van der Waals surface area contributed by atoms with Crippen molar-refractivity contribution in [3.05, 3.63) is 59.7 Å². The molecule has 0 unspecified atom stereocenters. The number of anilines is 1. The van der Waals surface area contributed by atoms with E-state index in [4.69, 9.17) is 4.74 Å². The lowest BCUT2D eigenvalue weighted by Gasteiger charge is -2.33. The van der Waals surface area contributed by atoms with E-state index in [1.165, 1.54) is 4.90 Å². The number of ether oxygens (including phenoxy) is 1. The molecule has 0 bridgehead atoms. The number of methoxy groups -OCH3 is 1. The van der Waals surface area contributed by atoms with Crippen molar-refractivity contribution in [2.45, 2.75) is 52.6 Å². The van der Waals surface area contributed by atoms with E-state index < -0.39 is 28.5 Å². The molecule has 0 aliphatic heterocycles. The van der Waals surface area contributed by atoms with Gasteiger partial charge in [0, 0.05) is 13.1 Å². The minimum absolute atomic E-state index is 0.161. The van der Waals surface area contributed by atoms with Crippen molar-refractivity contribution in [3.8, 4) is 5.75 Å². The fraction of sp³-hybridized carbons (Fsp3) is 0.462. The Labute approximate surface area is 209 Å². The number of sulfonamides is 1. The highest BCUT2D eigenvalue weighted by Gasteiger charge is 2.31. The lowest BCUT2D eigenvalue weighted by Crippen LogP contribution is -2.52. The molecular formula is C26H37N3O5S. The number of hydrogen-bond acceptors (Lipinski definition) is 5. The van der Waals surface area contributed by atoms with Gasteiger partial charge in [0.15, 0.2) is 0 Å². The summed E-state index contributed by atoms with van der Waals surface area (Å²) in [7, 11) is -2.17. The molecule has 0 fully saturated rings. The Morgan fingerprint density at radius 1 is 1.09 bits per heavy atom. The Morgan fingerprint density at radius 3 is 2.31 bits per heavy atom. The smallest absolute Gasteiger partial charge is 0.244 e. The molecule has 0 radical (unpaired) electrons. The Morgan fingerprint density at radius 2 is 1.77 bits per heavy atom. The van der Waals surface area contributed by atoms with Gasteiger partial charge in [0.25, 0.3) is 0 Å². The molecule has 2 aromatic carbocycles. The number of carbonyl (C=O) groups excluding carboxylic acids is 2. The largest absolute Gasteiger partial charge is 0.497 e. The van der Waals surface area contributed by atoms with Crippen molar-refractivity contribution in [1.82, 2.24) is 10.2 Å². The van der Waals surface area contributed by atoms with E-state index in [1.54, 1.807) is 37.4 Å². The van der Waals surface area contributed by atoms with Gasteiger partial charge in [-0.15, -0.1) is 0 Å². The predicted molar refractivity (Wildman–Crippen MR) is 139 cm³/mol. The number of benzene rings is 2. The highest BCUT2D eigenvalue weighted by atomic mass is 32.2. The zero-order valence-electron chi connectivity index (χ0n) is 21.3. The van der Waals surface area contributed by atoms with Gasteiger partial charge in [-0.25, -0.2) is 8.42 Å². The van der Waals surface area contributed by atoms with E-state index in [-0.39, 0.29) is 12.5 Å². The third-order valence-corrected chi connectivity index (χ3v) is 6.84. The van der Waals surface area contributed by atoms with Gasteiger partial charge < -0.3 is 15.0 Å². The summed E-state index contributed by atoms with van der Waals surface area (Å²) < 4.78 is 31.6. The average molecular weight is 504 g/mol. The molecule has 2 amide bonds. The number of hydrogen-bond donors (Lipinski definition) is 1. The van der Waals surface area contributed by atoms with Crippen LogP contribution in [0.5, 0.6) is 5.75 Å². The molecule has 0 aliphatic carbocycles. The van der Waals surface area contributed by atoms with E-state index in [0.717, 1.165) is 34.5 Å². The van der Waals surface area contributed by atoms with E-state index in [1.807, 2.05) is 39.0 Å². The molecule has 2 aromatic rings. The lowest BCUT2D eigenvalue weighted by molar-refractivity contribution is -0.140. The second kappa shape index (κ2) is 13.1. The second-order valence-electron chi connectivity index (χ2n) is 8.55. The highest BCUT2D eigenvalue weighted by molar-refractivity contribution is 7.92. The topological polar surface area (TPSA) is 96.0 Å². The first-order chi connectivity index (χ1) is 16.6. The van der Waals surface area contributed by atoms with Crippen molar-refractivity contribution < 1.29 is 22.7 Å². The van der Waals surface area contributed by atoms with E-state index in [2.05, 4.69) is 5.32 Å². The number of nitrogens with zero attached hydrogens (tertiary/aromatic N) is 2. The Balaban J connectivity index is 2.39. The van der Waals surface area contributed by atoms with Gasteiger partial charge in [-0.2, -0.15) is 0 Å². The molecule has 0 aliphatic rings. The molecule has 35 heavy (non-hydrogen) atoms. The van der Waals surface area contributed by atoms with Gasteiger partial charge in [-0.1, -0.05) is 44.5 Å². The zero-order chi connectivity index (χ0) is 26.0. The zero-order valence-corrected chi connectivity index (χ0v) is 22.1. The summed E-state index contributed by atoms with van der Waals surface area (Å²) in [5.41, 5.74) is 2.09. The molecule has 1 N–H and O–H groups in total. The molecule has 9 heteroatoms. The van der Waals surface area contributed by atoms with Gasteiger partial charge in [0.1, 0.15) is 18.3 Å². The van der Waals surface area contributed by atoms with Crippen LogP contribution in [-0.2, 0) is 26.2 Å². The summed E-state index contributed by atoms with van der Waals surface area (Å²) >= 11 is 0. The SMILES string of the molecule is CCCCNC(=O)[C@@H](CC)N(Cc1ccc(OC)cc1)C(=O)CN(c1cccc(C)c1)S(C)(=O)=O. The van der Waals surface area contributed by atoms with Gasteiger partial charge in [-0.05, 0) is 55.2 Å². The van der Waals surface area contributed by atoms with Crippen molar-refractivity contribution >= 4 is 27.5 Å². The van der Waals surface area contributed by atoms with Crippen molar-refractivity contribution in [3.63, 3.8) is 0 Å². The molecule has 2 rings (SSSR count). The molecule has 0 heterocycles. The van der Waals surface area contributed by atoms with E-state index >= 15 is 0 Å². The number of amides is 2. The first-order valence-electron chi connectivity index (χ1n) is 11.8. The third kappa shape index (κ3) is 8.28. The van der Waals surface area contributed by atoms with Crippen LogP contribution in [0.2, 0.25) is 0 Å². The van der Waals surface area contributed by atoms with Crippen LogP contribution in [0.15, 0.2) is 48.5 Å². The minimum Gasteiger partial charge on any atom is -0.497 e. The van der Waals surface area contributed by atoms with Gasteiger partial charge >= 0.3 is 0 Å².